The van der Waals surface area contributed by atoms with Crippen LogP contribution < -0.4 is 0 Å². The second kappa shape index (κ2) is 12.1. The molecule has 5 rings (SSSR count). The molecule has 4 aliphatic rings. The van der Waals surface area contributed by atoms with E-state index in [1.807, 2.05) is 12.1 Å². The van der Waals surface area contributed by atoms with Gasteiger partial charge >= 0.3 is 0 Å². The maximum absolute atomic E-state index is 12.6. The Hall–Kier alpha value is -0.870. The van der Waals surface area contributed by atoms with Gasteiger partial charge in [-0.3, -0.25) is 4.18 Å². The highest BCUT2D eigenvalue weighted by Gasteiger charge is 2.60. The smallest absolute Gasteiger partial charge is 0.261 e. The van der Waals surface area contributed by atoms with E-state index in [4.69, 9.17) is 4.18 Å². The van der Waals surface area contributed by atoms with Crippen LogP contribution in [0.5, 0.6) is 0 Å². The van der Waals surface area contributed by atoms with Crippen molar-refractivity contribution in [1.29, 1.82) is 0 Å². The zero-order valence-electron chi connectivity index (χ0n) is 28.3. The summed E-state index contributed by atoms with van der Waals surface area (Å²) in [6.07, 6.45) is 18.2. The highest BCUT2D eigenvalue weighted by molar-refractivity contribution is 7.86. The molecule has 4 fully saturated rings. The van der Waals surface area contributed by atoms with Crippen molar-refractivity contribution in [3.05, 3.63) is 29.8 Å². The standard InChI is InChI=1S/C38H62O3S/c1-26(2)10-9-11-27(3)33-18-19-34-32-17-14-30-25-29(20-22-37(30,7)35(32)21-23-38(33,34)8)24-28-12-15-31(16-13-28)42(39,40)41-36(4,5)6/h12-13,15-16,26-27,29-30,32-35H,9-11,14,17-25H2,1-8H3. The van der Waals surface area contributed by atoms with E-state index < -0.39 is 15.7 Å². The van der Waals surface area contributed by atoms with Gasteiger partial charge in [0.25, 0.3) is 10.1 Å². The van der Waals surface area contributed by atoms with E-state index in [0.717, 1.165) is 47.8 Å². The molecule has 1 aromatic rings. The summed E-state index contributed by atoms with van der Waals surface area (Å²) in [4.78, 5) is 0.263. The zero-order valence-corrected chi connectivity index (χ0v) is 29.1. The number of fused-ring (bicyclic) bond motifs is 5. The Morgan fingerprint density at radius 3 is 2.19 bits per heavy atom. The number of hydrogen-bond acceptors (Lipinski definition) is 3. The van der Waals surface area contributed by atoms with E-state index in [0.29, 0.717) is 16.7 Å². The molecule has 0 saturated heterocycles. The largest absolute Gasteiger partial charge is 0.297 e. The highest BCUT2D eigenvalue weighted by Crippen LogP contribution is 2.68. The van der Waals surface area contributed by atoms with Gasteiger partial charge in [0.2, 0.25) is 0 Å². The second-order valence-corrected chi connectivity index (χ2v) is 18.9. The maximum Gasteiger partial charge on any atom is 0.297 e. The summed E-state index contributed by atoms with van der Waals surface area (Å²) in [5.74, 6) is 7.08. The number of rotatable bonds is 9. The summed E-state index contributed by atoms with van der Waals surface area (Å²) in [5, 5.41) is 0. The van der Waals surface area contributed by atoms with Crippen LogP contribution in [0.15, 0.2) is 29.2 Å². The average molecular weight is 599 g/mol. The first-order chi connectivity index (χ1) is 19.6. The fourth-order valence-electron chi connectivity index (χ4n) is 11.1. The monoisotopic (exact) mass is 598 g/mol. The van der Waals surface area contributed by atoms with Crippen molar-refractivity contribution in [2.24, 2.45) is 58.2 Å². The summed E-state index contributed by atoms with van der Waals surface area (Å²) >= 11 is 0. The molecule has 1 aromatic carbocycles. The Morgan fingerprint density at radius 2 is 1.52 bits per heavy atom. The number of hydrogen-bond donors (Lipinski definition) is 0. The van der Waals surface area contributed by atoms with E-state index in [9.17, 15) is 8.42 Å². The Labute approximate surface area is 259 Å². The summed E-state index contributed by atoms with van der Waals surface area (Å²) in [7, 11) is -3.73. The first-order valence-electron chi connectivity index (χ1n) is 17.7. The third kappa shape index (κ3) is 6.56. The molecule has 0 amide bonds. The lowest BCUT2D eigenvalue weighted by molar-refractivity contribution is -0.121. The molecule has 0 bridgehead atoms. The van der Waals surface area contributed by atoms with Gasteiger partial charge < -0.3 is 0 Å². The van der Waals surface area contributed by atoms with Gasteiger partial charge in [0, 0.05) is 0 Å². The van der Waals surface area contributed by atoms with Crippen LogP contribution in [-0.4, -0.2) is 14.0 Å². The van der Waals surface area contributed by atoms with Crippen molar-refractivity contribution in [1.82, 2.24) is 0 Å². The van der Waals surface area contributed by atoms with E-state index in [2.05, 4.69) is 34.6 Å². The van der Waals surface area contributed by atoms with Crippen molar-refractivity contribution in [3.63, 3.8) is 0 Å². The van der Waals surface area contributed by atoms with Crippen LogP contribution in [0.2, 0.25) is 0 Å². The van der Waals surface area contributed by atoms with Crippen LogP contribution >= 0.6 is 0 Å². The molecular weight excluding hydrogens is 536 g/mol. The third-order valence-electron chi connectivity index (χ3n) is 13.1. The molecule has 42 heavy (non-hydrogen) atoms. The second-order valence-electron chi connectivity index (χ2n) is 17.3. The lowest BCUT2D eigenvalue weighted by atomic mass is 9.44. The van der Waals surface area contributed by atoms with Gasteiger partial charge in [-0.05, 0) is 161 Å². The fraction of sp³-hybridized carbons (Fsp3) is 0.842. The van der Waals surface area contributed by atoms with Gasteiger partial charge in [-0.15, -0.1) is 0 Å². The van der Waals surface area contributed by atoms with E-state index in [1.54, 1.807) is 32.9 Å². The highest BCUT2D eigenvalue weighted by atomic mass is 32.2. The van der Waals surface area contributed by atoms with Crippen molar-refractivity contribution in [2.45, 2.75) is 149 Å². The molecule has 0 radical (unpaired) electrons. The lowest BCUT2D eigenvalue weighted by Gasteiger charge is -2.61. The SMILES string of the molecule is CC(C)CCCC(C)C1CCC2C3CCC4CC(Cc5ccc(S(=O)(=O)OC(C)(C)C)cc5)CCC4(C)C3CCC12C. The van der Waals surface area contributed by atoms with Crippen LogP contribution in [0, 0.1) is 58.2 Å². The Balaban J connectivity index is 1.20. The zero-order chi connectivity index (χ0) is 30.5. The summed E-state index contributed by atoms with van der Waals surface area (Å²) in [6.45, 7) is 18.1. The quantitative estimate of drug-likeness (QED) is 0.266. The molecular formula is C38H62O3S. The third-order valence-corrected chi connectivity index (χ3v) is 14.6. The van der Waals surface area contributed by atoms with Gasteiger partial charge in [-0.25, -0.2) is 0 Å². The molecule has 0 spiro atoms. The topological polar surface area (TPSA) is 43.4 Å². The first-order valence-corrected chi connectivity index (χ1v) is 19.1. The predicted octanol–water partition coefficient (Wildman–Crippen LogP) is 10.5. The molecule has 9 unspecified atom stereocenters. The van der Waals surface area contributed by atoms with Crippen molar-refractivity contribution < 1.29 is 12.6 Å². The van der Waals surface area contributed by atoms with E-state index >= 15 is 0 Å². The molecule has 0 N–H and O–H groups in total. The molecule has 238 valence electrons. The van der Waals surface area contributed by atoms with Crippen molar-refractivity contribution in [3.8, 4) is 0 Å². The van der Waals surface area contributed by atoms with Crippen LogP contribution in [0.4, 0.5) is 0 Å². The molecule has 4 aliphatic carbocycles. The van der Waals surface area contributed by atoms with Gasteiger partial charge in [0.05, 0.1) is 10.5 Å². The van der Waals surface area contributed by atoms with Crippen molar-refractivity contribution in [2.75, 3.05) is 0 Å². The molecule has 0 aliphatic heterocycles. The predicted molar refractivity (Wildman–Crippen MR) is 175 cm³/mol. The van der Waals surface area contributed by atoms with E-state index in [1.165, 1.54) is 82.6 Å². The van der Waals surface area contributed by atoms with Crippen LogP contribution in [-0.2, 0) is 20.7 Å². The number of benzene rings is 1. The summed E-state index contributed by atoms with van der Waals surface area (Å²) < 4.78 is 30.6. The minimum atomic E-state index is -3.73. The minimum absolute atomic E-state index is 0.263. The Kier molecular flexibility index (Phi) is 9.40. The fourth-order valence-corrected chi connectivity index (χ4v) is 12.3. The first kappa shape index (κ1) is 32.5. The van der Waals surface area contributed by atoms with Crippen LogP contribution in [0.1, 0.15) is 138 Å². The normalized spacial score (nSPS) is 37.6. The lowest BCUT2D eigenvalue weighted by Crippen LogP contribution is -2.53. The molecule has 9 atom stereocenters. The van der Waals surface area contributed by atoms with E-state index in [-0.39, 0.29) is 4.90 Å². The molecule has 4 saturated carbocycles. The average Bonchev–Trinajstić information content (AvgIpc) is 3.25. The van der Waals surface area contributed by atoms with Gasteiger partial charge in [-0.1, -0.05) is 66.0 Å². The van der Waals surface area contributed by atoms with Crippen molar-refractivity contribution >= 4 is 10.1 Å². The van der Waals surface area contributed by atoms with Crippen LogP contribution in [0.3, 0.4) is 0 Å². The maximum atomic E-state index is 12.6. The Morgan fingerprint density at radius 1 is 0.857 bits per heavy atom. The Bertz CT molecular complexity index is 1160. The van der Waals surface area contributed by atoms with Gasteiger partial charge in [0.15, 0.2) is 0 Å². The van der Waals surface area contributed by atoms with Gasteiger partial charge in [0.1, 0.15) is 0 Å². The van der Waals surface area contributed by atoms with Gasteiger partial charge in [-0.2, -0.15) is 8.42 Å². The van der Waals surface area contributed by atoms with Crippen LogP contribution in [0.25, 0.3) is 0 Å². The molecule has 0 heterocycles. The minimum Gasteiger partial charge on any atom is -0.261 e. The summed E-state index contributed by atoms with van der Waals surface area (Å²) in [5.41, 5.74) is 1.63. The molecule has 4 heteroatoms. The summed E-state index contributed by atoms with van der Waals surface area (Å²) in [6, 6.07) is 7.53. The molecule has 3 nitrogen and oxygen atoms in total. The molecule has 0 aromatic heterocycles.